The molecule has 0 aromatic heterocycles. The van der Waals surface area contributed by atoms with Crippen LogP contribution in [0.4, 0.5) is 5.69 Å². The summed E-state index contributed by atoms with van der Waals surface area (Å²) in [5, 5.41) is 2.93. The maximum Gasteiger partial charge on any atom is 0.255 e. The Morgan fingerprint density at radius 1 is 1.09 bits per heavy atom. The van der Waals surface area contributed by atoms with E-state index in [9.17, 15) is 18.0 Å². The van der Waals surface area contributed by atoms with Crippen LogP contribution < -0.4 is 5.32 Å². The van der Waals surface area contributed by atoms with Gasteiger partial charge in [0, 0.05) is 29.4 Å². The first-order valence-electron chi connectivity index (χ1n) is 11.8. The monoisotopic (exact) mass is 485 g/mol. The van der Waals surface area contributed by atoms with Crippen LogP contribution in [-0.4, -0.2) is 67.2 Å². The highest BCUT2D eigenvalue weighted by Gasteiger charge is 2.37. The van der Waals surface area contributed by atoms with Gasteiger partial charge in [0.15, 0.2) is 9.84 Å². The van der Waals surface area contributed by atoms with E-state index in [-0.39, 0.29) is 48.0 Å². The molecule has 0 saturated carbocycles. The number of hydrogen-bond acceptors (Lipinski definition) is 5. The first kappa shape index (κ1) is 25.9. The van der Waals surface area contributed by atoms with Crippen LogP contribution in [0.3, 0.4) is 0 Å². The van der Waals surface area contributed by atoms with E-state index in [1.807, 2.05) is 75.2 Å². The van der Waals surface area contributed by atoms with Gasteiger partial charge in [-0.3, -0.25) is 14.5 Å². The molecule has 184 valence electrons. The Kier molecular flexibility index (Phi) is 8.49. The van der Waals surface area contributed by atoms with E-state index >= 15 is 0 Å². The van der Waals surface area contributed by atoms with Crippen LogP contribution in [-0.2, 0) is 14.6 Å². The first-order valence-corrected chi connectivity index (χ1v) is 13.6. The summed E-state index contributed by atoms with van der Waals surface area (Å²) in [6.45, 7) is 6.18. The number of carbonyl (C=O) groups excluding carboxylic acids is 2. The predicted octanol–water partition coefficient (Wildman–Crippen LogP) is 3.75. The number of sulfone groups is 1. The van der Waals surface area contributed by atoms with Gasteiger partial charge in [-0.2, -0.15) is 0 Å². The Balaban J connectivity index is 1.68. The summed E-state index contributed by atoms with van der Waals surface area (Å²) in [5.74, 6) is -0.0408. The summed E-state index contributed by atoms with van der Waals surface area (Å²) < 4.78 is 24.0. The number of rotatable bonds is 9. The van der Waals surface area contributed by atoms with Gasteiger partial charge < -0.3 is 10.2 Å². The lowest BCUT2D eigenvalue weighted by Crippen LogP contribution is -2.50. The molecular formula is C26H35N3O4S. The fourth-order valence-electron chi connectivity index (χ4n) is 4.36. The first-order chi connectivity index (χ1) is 16.1. The Hall–Kier alpha value is -2.71. The van der Waals surface area contributed by atoms with E-state index in [4.69, 9.17) is 0 Å². The molecule has 1 aliphatic heterocycles. The number of nitrogens with zero attached hydrogens (tertiary/aromatic N) is 2. The van der Waals surface area contributed by atoms with Gasteiger partial charge in [0.25, 0.3) is 5.91 Å². The molecular weight excluding hydrogens is 450 g/mol. The zero-order valence-corrected chi connectivity index (χ0v) is 21.2. The number of amides is 2. The molecule has 3 unspecified atom stereocenters. The summed E-state index contributed by atoms with van der Waals surface area (Å²) in [6.07, 6.45) is 1.27. The molecule has 1 N–H and O–H groups in total. The summed E-state index contributed by atoms with van der Waals surface area (Å²) in [4.78, 5) is 29.5. The second-order valence-electron chi connectivity index (χ2n) is 9.15. The van der Waals surface area contributed by atoms with E-state index in [1.54, 1.807) is 17.0 Å². The number of hydrogen-bond donors (Lipinski definition) is 1. The van der Waals surface area contributed by atoms with Crippen LogP contribution in [0, 0.1) is 0 Å². The molecule has 0 radical (unpaired) electrons. The highest BCUT2D eigenvalue weighted by molar-refractivity contribution is 7.91. The van der Waals surface area contributed by atoms with E-state index < -0.39 is 9.84 Å². The summed E-state index contributed by atoms with van der Waals surface area (Å²) in [7, 11) is -1.19. The highest BCUT2D eigenvalue weighted by Crippen LogP contribution is 2.25. The molecule has 3 atom stereocenters. The molecule has 0 spiro atoms. The third kappa shape index (κ3) is 6.45. The van der Waals surface area contributed by atoms with Crippen molar-refractivity contribution in [2.24, 2.45) is 0 Å². The molecule has 1 saturated heterocycles. The Bertz CT molecular complexity index is 1100. The topological polar surface area (TPSA) is 86.8 Å². The van der Waals surface area contributed by atoms with Crippen LogP contribution >= 0.6 is 0 Å². The van der Waals surface area contributed by atoms with Crippen LogP contribution in [0.2, 0.25) is 0 Å². The molecule has 0 bridgehead atoms. The van der Waals surface area contributed by atoms with Crippen LogP contribution in [0.15, 0.2) is 54.6 Å². The third-order valence-corrected chi connectivity index (χ3v) is 8.41. The van der Waals surface area contributed by atoms with Gasteiger partial charge in [-0.15, -0.1) is 0 Å². The summed E-state index contributed by atoms with van der Waals surface area (Å²) in [6, 6.07) is 16.3. The van der Waals surface area contributed by atoms with Crippen molar-refractivity contribution in [1.29, 1.82) is 0 Å². The summed E-state index contributed by atoms with van der Waals surface area (Å²) in [5.41, 5.74) is 2.25. The second kappa shape index (κ2) is 11.1. The fraction of sp³-hybridized carbons (Fsp3) is 0.462. The van der Waals surface area contributed by atoms with Crippen molar-refractivity contribution in [3.05, 3.63) is 65.7 Å². The molecule has 34 heavy (non-hydrogen) atoms. The second-order valence-corrected chi connectivity index (χ2v) is 11.4. The number of benzene rings is 2. The smallest absolute Gasteiger partial charge is 0.255 e. The van der Waals surface area contributed by atoms with E-state index in [1.165, 1.54) is 0 Å². The van der Waals surface area contributed by atoms with E-state index in [2.05, 4.69) is 5.32 Å². The highest BCUT2D eigenvalue weighted by atomic mass is 32.2. The van der Waals surface area contributed by atoms with Gasteiger partial charge >= 0.3 is 0 Å². The zero-order valence-electron chi connectivity index (χ0n) is 20.4. The normalized spacial score (nSPS) is 18.9. The molecule has 2 amide bonds. The Morgan fingerprint density at radius 3 is 2.41 bits per heavy atom. The quantitative estimate of drug-likeness (QED) is 0.585. The zero-order chi connectivity index (χ0) is 24.9. The minimum atomic E-state index is -3.08. The van der Waals surface area contributed by atoms with Crippen molar-refractivity contribution in [2.75, 3.05) is 30.4 Å². The third-order valence-electron chi connectivity index (χ3n) is 6.66. The number of anilines is 1. The summed E-state index contributed by atoms with van der Waals surface area (Å²) >= 11 is 0. The fourth-order valence-corrected chi connectivity index (χ4v) is 6.07. The standard InChI is InChI=1S/C26H35N3O4S/c1-5-19(2)29(24-14-15-34(32,33)18-24)25(30)17-28(4)20(3)22-12-9-13-23(16-22)27-26(31)21-10-7-6-8-11-21/h6-13,16,19-20,24H,5,14-15,17-18H2,1-4H3,(H,27,31). The van der Waals surface area contributed by atoms with Gasteiger partial charge in [-0.05, 0) is 63.6 Å². The van der Waals surface area contributed by atoms with Gasteiger partial charge in [0.2, 0.25) is 5.91 Å². The molecule has 0 aliphatic carbocycles. The van der Waals surface area contributed by atoms with Gasteiger partial charge in [-0.25, -0.2) is 8.42 Å². The van der Waals surface area contributed by atoms with E-state index in [0.717, 1.165) is 12.0 Å². The SMILES string of the molecule is CCC(C)N(C(=O)CN(C)C(C)c1cccc(NC(=O)c2ccccc2)c1)C1CCS(=O)(=O)C1. The lowest BCUT2D eigenvalue weighted by Gasteiger charge is -2.36. The van der Waals surface area contributed by atoms with Gasteiger partial charge in [-0.1, -0.05) is 37.3 Å². The van der Waals surface area contributed by atoms with Crippen LogP contribution in [0.1, 0.15) is 55.6 Å². The van der Waals surface area contributed by atoms with E-state index in [0.29, 0.717) is 17.7 Å². The Labute approximate surface area is 203 Å². The van der Waals surface area contributed by atoms with Crippen molar-refractivity contribution in [1.82, 2.24) is 9.80 Å². The lowest BCUT2D eigenvalue weighted by atomic mass is 10.1. The molecule has 1 fully saturated rings. The molecule has 3 rings (SSSR count). The predicted molar refractivity (Wildman–Crippen MR) is 136 cm³/mol. The largest absolute Gasteiger partial charge is 0.335 e. The Morgan fingerprint density at radius 2 is 1.79 bits per heavy atom. The number of carbonyl (C=O) groups is 2. The minimum Gasteiger partial charge on any atom is -0.335 e. The van der Waals surface area contributed by atoms with Crippen molar-refractivity contribution < 1.29 is 18.0 Å². The van der Waals surface area contributed by atoms with Crippen LogP contribution in [0.25, 0.3) is 0 Å². The average Bonchev–Trinajstić information content (AvgIpc) is 3.18. The maximum atomic E-state index is 13.3. The average molecular weight is 486 g/mol. The van der Waals surface area contributed by atoms with Crippen LogP contribution in [0.5, 0.6) is 0 Å². The molecule has 7 nitrogen and oxygen atoms in total. The van der Waals surface area contributed by atoms with Gasteiger partial charge in [0.1, 0.15) is 0 Å². The maximum absolute atomic E-state index is 13.3. The number of likely N-dealkylation sites (N-methyl/N-ethyl adjacent to an activating group) is 1. The molecule has 8 heteroatoms. The van der Waals surface area contributed by atoms with Crippen molar-refractivity contribution in [3.63, 3.8) is 0 Å². The van der Waals surface area contributed by atoms with Crippen molar-refractivity contribution in [2.45, 2.75) is 51.7 Å². The lowest BCUT2D eigenvalue weighted by molar-refractivity contribution is -0.136. The number of nitrogens with one attached hydrogen (secondary N) is 1. The van der Waals surface area contributed by atoms with Crippen molar-refractivity contribution in [3.8, 4) is 0 Å². The molecule has 1 heterocycles. The molecule has 1 aliphatic rings. The molecule has 2 aromatic rings. The van der Waals surface area contributed by atoms with Gasteiger partial charge in [0.05, 0.1) is 18.1 Å². The molecule has 2 aromatic carbocycles. The van der Waals surface area contributed by atoms with Crippen molar-refractivity contribution >= 4 is 27.3 Å². The minimum absolute atomic E-state index is 0.0222.